The largest absolute Gasteiger partial charge is 0.414 e. The van der Waals surface area contributed by atoms with Gasteiger partial charge in [0.25, 0.3) is 0 Å². The molecule has 1 aromatic rings. The molecule has 0 saturated carbocycles. The lowest BCUT2D eigenvalue weighted by atomic mass is 9.92. The summed E-state index contributed by atoms with van der Waals surface area (Å²) in [4.78, 5) is 0.0316. The van der Waals surface area contributed by atoms with Gasteiger partial charge < -0.3 is 5.11 Å². The second-order valence-corrected chi connectivity index (χ2v) is 7.20. The van der Waals surface area contributed by atoms with Crippen LogP contribution < -0.4 is 0 Å². The predicted octanol–water partition coefficient (Wildman–Crippen LogP) is 1.23. The fourth-order valence-corrected chi connectivity index (χ4v) is 3.92. The molecule has 1 aliphatic rings. The predicted molar refractivity (Wildman–Crippen MR) is 71.4 cm³/mol. The minimum absolute atomic E-state index is 0.0260. The van der Waals surface area contributed by atoms with E-state index in [1.54, 1.807) is 0 Å². The number of sulfonamides is 1. The molecule has 0 amide bonds. The summed E-state index contributed by atoms with van der Waals surface area (Å²) in [5.74, 6) is -0.968. The summed E-state index contributed by atoms with van der Waals surface area (Å²) in [6.07, 6.45) is -4.50. The van der Waals surface area contributed by atoms with Crippen LogP contribution in [0.15, 0.2) is 17.3 Å². The lowest BCUT2D eigenvalue weighted by Crippen LogP contribution is -2.45. The Kier molecular flexibility index (Phi) is 4.83. The van der Waals surface area contributed by atoms with Crippen molar-refractivity contribution in [3.8, 4) is 0 Å². The zero-order valence-corrected chi connectivity index (χ0v) is 12.8. The van der Waals surface area contributed by atoms with Gasteiger partial charge in [-0.3, -0.25) is 4.68 Å². The Bertz CT molecular complexity index is 607. The average molecular weight is 341 g/mol. The van der Waals surface area contributed by atoms with Crippen molar-refractivity contribution in [1.29, 1.82) is 0 Å². The van der Waals surface area contributed by atoms with E-state index in [0.29, 0.717) is 6.54 Å². The summed E-state index contributed by atoms with van der Waals surface area (Å²) in [6.45, 7) is 2.25. The first-order valence-electron chi connectivity index (χ1n) is 6.93. The van der Waals surface area contributed by atoms with E-state index in [9.17, 15) is 26.7 Å². The van der Waals surface area contributed by atoms with Crippen LogP contribution >= 0.6 is 0 Å². The number of hydrogen-bond acceptors (Lipinski definition) is 4. The monoisotopic (exact) mass is 341 g/mol. The van der Waals surface area contributed by atoms with Gasteiger partial charge in [0, 0.05) is 25.8 Å². The molecular weight excluding hydrogens is 323 g/mol. The van der Waals surface area contributed by atoms with Crippen molar-refractivity contribution in [2.24, 2.45) is 5.92 Å². The van der Waals surface area contributed by atoms with Crippen LogP contribution in [0.5, 0.6) is 0 Å². The molecule has 0 bridgehead atoms. The van der Waals surface area contributed by atoms with E-state index in [1.165, 1.54) is 17.1 Å². The van der Waals surface area contributed by atoms with Gasteiger partial charge in [-0.05, 0) is 25.7 Å². The van der Waals surface area contributed by atoms with Gasteiger partial charge >= 0.3 is 6.18 Å². The van der Waals surface area contributed by atoms with Crippen molar-refractivity contribution in [1.82, 2.24) is 14.1 Å². The molecule has 126 valence electrons. The molecule has 1 aliphatic heterocycles. The van der Waals surface area contributed by atoms with E-state index in [4.69, 9.17) is 0 Å². The van der Waals surface area contributed by atoms with Crippen molar-refractivity contribution in [3.63, 3.8) is 0 Å². The highest BCUT2D eigenvalue weighted by Gasteiger charge is 2.45. The molecule has 0 aliphatic carbocycles. The molecule has 1 N–H and O–H groups in total. The van der Waals surface area contributed by atoms with E-state index < -0.39 is 28.2 Å². The summed E-state index contributed by atoms with van der Waals surface area (Å²) in [5.41, 5.74) is 0. The summed E-state index contributed by atoms with van der Waals surface area (Å²) in [7, 11) is -3.75. The highest BCUT2D eigenvalue weighted by atomic mass is 32.2. The summed E-state index contributed by atoms with van der Waals surface area (Å²) < 4.78 is 64.8. The normalized spacial score (nSPS) is 20.2. The lowest BCUT2D eigenvalue weighted by molar-refractivity contribution is -0.222. The third kappa shape index (κ3) is 3.44. The number of aromatic nitrogens is 2. The van der Waals surface area contributed by atoms with Gasteiger partial charge in [0.2, 0.25) is 10.0 Å². The van der Waals surface area contributed by atoms with Gasteiger partial charge in [0.05, 0.1) is 6.20 Å². The van der Waals surface area contributed by atoms with E-state index in [2.05, 4.69) is 5.10 Å². The van der Waals surface area contributed by atoms with Crippen LogP contribution in [0.1, 0.15) is 19.8 Å². The first-order chi connectivity index (χ1) is 10.2. The fourth-order valence-electron chi connectivity index (χ4n) is 2.50. The third-order valence-electron chi connectivity index (χ3n) is 3.85. The zero-order valence-electron chi connectivity index (χ0n) is 12.0. The molecule has 0 unspecified atom stereocenters. The maximum Gasteiger partial charge on any atom is 0.414 e. The Balaban J connectivity index is 2.04. The topological polar surface area (TPSA) is 75.4 Å². The second kappa shape index (κ2) is 6.17. The fraction of sp³-hybridized carbons (Fsp3) is 0.750. The molecule has 1 aromatic heterocycles. The first kappa shape index (κ1) is 17.2. The molecule has 1 saturated heterocycles. The Labute approximate surface area is 126 Å². The van der Waals surface area contributed by atoms with Crippen LogP contribution in [-0.2, 0) is 16.6 Å². The number of piperidine rings is 1. The van der Waals surface area contributed by atoms with Gasteiger partial charge in [-0.25, -0.2) is 8.42 Å². The van der Waals surface area contributed by atoms with Gasteiger partial charge in [-0.1, -0.05) is 0 Å². The Hall–Kier alpha value is -1.13. The molecule has 22 heavy (non-hydrogen) atoms. The Morgan fingerprint density at radius 3 is 2.45 bits per heavy atom. The number of aryl methyl sites for hydroxylation is 1. The molecule has 0 aromatic carbocycles. The summed E-state index contributed by atoms with van der Waals surface area (Å²) in [6, 6.07) is 0. The van der Waals surface area contributed by atoms with Crippen LogP contribution in [-0.4, -0.2) is 53.0 Å². The SMILES string of the molecule is CCn1cc(S(=O)(=O)N2CCC([C@@H](O)C(F)(F)F)CC2)cn1. The number of aliphatic hydroxyl groups is 1. The maximum atomic E-state index is 12.5. The summed E-state index contributed by atoms with van der Waals surface area (Å²) in [5, 5.41) is 13.1. The quantitative estimate of drug-likeness (QED) is 0.894. The standard InChI is InChI=1S/C12H18F3N3O3S/c1-2-17-8-10(7-16-17)22(20,21)18-5-3-9(4-6-18)11(19)12(13,14)15/h7-9,11,19H,2-6H2,1H3/t11-/m1/s1. The van der Waals surface area contributed by atoms with Gasteiger partial charge in [0.15, 0.2) is 6.10 Å². The van der Waals surface area contributed by atoms with E-state index in [0.717, 1.165) is 4.31 Å². The van der Waals surface area contributed by atoms with Crippen LogP contribution in [0.2, 0.25) is 0 Å². The van der Waals surface area contributed by atoms with Crippen LogP contribution in [0.4, 0.5) is 13.2 Å². The first-order valence-corrected chi connectivity index (χ1v) is 8.37. The number of rotatable bonds is 4. The Morgan fingerprint density at radius 2 is 2.00 bits per heavy atom. The minimum Gasteiger partial charge on any atom is -0.383 e. The highest BCUT2D eigenvalue weighted by molar-refractivity contribution is 7.89. The smallest absolute Gasteiger partial charge is 0.383 e. The van der Waals surface area contributed by atoms with Crippen molar-refractivity contribution < 1.29 is 26.7 Å². The van der Waals surface area contributed by atoms with Crippen LogP contribution in [0.25, 0.3) is 0 Å². The van der Waals surface area contributed by atoms with Crippen molar-refractivity contribution in [2.75, 3.05) is 13.1 Å². The van der Waals surface area contributed by atoms with E-state index in [1.807, 2.05) is 6.92 Å². The maximum absolute atomic E-state index is 12.5. The molecule has 1 fully saturated rings. The number of aliphatic hydroxyl groups excluding tert-OH is 1. The van der Waals surface area contributed by atoms with Crippen molar-refractivity contribution in [3.05, 3.63) is 12.4 Å². The number of nitrogens with zero attached hydrogens (tertiary/aromatic N) is 3. The Morgan fingerprint density at radius 1 is 1.41 bits per heavy atom. The summed E-state index contributed by atoms with van der Waals surface area (Å²) >= 11 is 0. The lowest BCUT2D eigenvalue weighted by Gasteiger charge is -2.33. The second-order valence-electron chi connectivity index (χ2n) is 5.26. The number of hydrogen-bond donors (Lipinski definition) is 1. The number of alkyl halides is 3. The molecule has 0 radical (unpaired) electrons. The van der Waals surface area contributed by atoms with Crippen LogP contribution in [0, 0.1) is 5.92 Å². The molecule has 1 atom stereocenters. The zero-order chi connectivity index (χ0) is 16.5. The van der Waals surface area contributed by atoms with Gasteiger partial charge in [-0.2, -0.15) is 22.6 Å². The van der Waals surface area contributed by atoms with E-state index >= 15 is 0 Å². The molecular formula is C12H18F3N3O3S. The van der Waals surface area contributed by atoms with Gasteiger partial charge in [-0.15, -0.1) is 0 Å². The minimum atomic E-state index is -4.67. The molecule has 6 nitrogen and oxygen atoms in total. The highest BCUT2D eigenvalue weighted by Crippen LogP contribution is 2.32. The van der Waals surface area contributed by atoms with Crippen molar-refractivity contribution >= 4 is 10.0 Å². The van der Waals surface area contributed by atoms with E-state index in [-0.39, 0.29) is 30.8 Å². The average Bonchev–Trinajstić information content (AvgIpc) is 2.95. The van der Waals surface area contributed by atoms with Crippen molar-refractivity contribution in [2.45, 2.75) is 43.5 Å². The van der Waals surface area contributed by atoms with Gasteiger partial charge in [0.1, 0.15) is 4.90 Å². The third-order valence-corrected chi connectivity index (χ3v) is 5.70. The molecule has 10 heteroatoms. The molecule has 2 rings (SSSR count). The molecule has 2 heterocycles. The van der Waals surface area contributed by atoms with Crippen LogP contribution in [0.3, 0.4) is 0 Å². The number of halogens is 3. The molecule has 0 spiro atoms.